The first-order valence-electron chi connectivity index (χ1n) is 11.7. The zero-order valence-corrected chi connectivity index (χ0v) is 18.7. The molecule has 2 aliphatic rings. The first kappa shape index (κ1) is 21.7. The summed E-state index contributed by atoms with van der Waals surface area (Å²) in [5.41, 5.74) is 3.63. The number of carbonyl (C=O) groups is 2. The van der Waals surface area contributed by atoms with E-state index in [4.69, 9.17) is 4.74 Å². The molecule has 0 radical (unpaired) electrons. The maximum absolute atomic E-state index is 13.8. The second-order valence-corrected chi connectivity index (χ2v) is 8.96. The molecule has 3 N–H and O–H groups in total. The minimum atomic E-state index is -0.887. The van der Waals surface area contributed by atoms with E-state index >= 15 is 0 Å². The third kappa shape index (κ3) is 4.51. The van der Waals surface area contributed by atoms with Crippen LogP contribution in [0.1, 0.15) is 29.7 Å². The Morgan fingerprint density at radius 2 is 1.79 bits per heavy atom. The Morgan fingerprint density at radius 3 is 2.61 bits per heavy atom. The van der Waals surface area contributed by atoms with E-state index in [1.165, 1.54) is 10.9 Å². The van der Waals surface area contributed by atoms with Gasteiger partial charge < -0.3 is 25.3 Å². The SMILES string of the molecule is O=C(COCc1ccccc1)NC1(C(=O)N2CCc3c([nH]c4ccccc34)C2)CCNCC1. The van der Waals surface area contributed by atoms with Crippen molar-refractivity contribution in [2.45, 2.75) is 38.0 Å². The number of aromatic amines is 1. The quantitative estimate of drug-likeness (QED) is 0.543. The lowest BCUT2D eigenvalue weighted by atomic mass is 9.85. The largest absolute Gasteiger partial charge is 0.367 e. The van der Waals surface area contributed by atoms with Gasteiger partial charge in [-0.1, -0.05) is 48.5 Å². The number of benzene rings is 2. The summed E-state index contributed by atoms with van der Waals surface area (Å²) in [6, 6.07) is 18.0. The van der Waals surface area contributed by atoms with Gasteiger partial charge in [0.1, 0.15) is 12.1 Å². The number of H-pyrrole nitrogens is 1. The van der Waals surface area contributed by atoms with Gasteiger partial charge in [0.05, 0.1) is 13.2 Å². The Bertz CT molecular complexity index is 1130. The molecule has 7 heteroatoms. The molecule has 0 bridgehead atoms. The summed E-state index contributed by atoms with van der Waals surface area (Å²) in [6.07, 6.45) is 1.96. The molecule has 7 nitrogen and oxygen atoms in total. The first-order valence-corrected chi connectivity index (χ1v) is 11.7. The lowest BCUT2D eigenvalue weighted by molar-refractivity contribution is -0.145. The Hall–Kier alpha value is -3.16. The summed E-state index contributed by atoms with van der Waals surface area (Å²) < 4.78 is 5.62. The number of fused-ring (bicyclic) bond motifs is 3. The van der Waals surface area contributed by atoms with Crippen LogP contribution in [0.4, 0.5) is 0 Å². The molecule has 0 unspecified atom stereocenters. The van der Waals surface area contributed by atoms with E-state index in [-0.39, 0.29) is 18.4 Å². The van der Waals surface area contributed by atoms with Gasteiger partial charge >= 0.3 is 0 Å². The van der Waals surface area contributed by atoms with Crippen molar-refractivity contribution in [2.24, 2.45) is 0 Å². The van der Waals surface area contributed by atoms with Crippen molar-refractivity contribution in [3.63, 3.8) is 0 Å². The Kier molecular flexibility index (Phi) is 6.15. The number of aromatic nitrogens is 1. The summed E-state index contributed by atoms with van der Waals surface area (Å²) in [5, 5.41) is 7.61. The van der Waals surface area contributed by atoms with Gasteiger partial charge in [-0.15, -0.1) is 0 Å². The molecular formula is C26H30N4O3. The number of carbonyl (C=O) groups excluding carboxylic acids is 2. The molecule has 2 aliphatic heterocycles. The van der Waals surface area contributed by atoms with Crippen molar-refractivity contribution in [1.29, 1.82) is 0 Å². The third-order valence-corrected chi connectivity index (χ3v) is 6.76. The lowest BCUT2D eigenvalue weighted by Crippen LogP contribution is -2.64. The number of piperidine rings is 1. The van der Waals surface area contributed by atoms with Crippen molar-refractivity contribution in [3.05, 3.63) is 71.4 Å². The molecule has 0 spiro atoms. The maximum atomic E-state index is 13.8. The van der Waals surface area contributed by atoms with E-state index in [2.05, 4.69) is 27.8 Å². The molecule has 3 aromatic rings. The number of ether oxygens (including phenoxy) is 1. The van der Waals surface area contributed by atoms with Gasteiger partial charge in [-0.3, -0.25) is 9.59 Å². The zero-order chi connectivity index (χ0) is 22.7. The molecule has 1 saturated heterocycles. The minimum Gasteiger partial charge on any atom is -0.367 e. The molecule has 0 aliphatic carbocycles. The summed E-state index contributed by atoms with van der Waals surface area (Å²) >= 11 is 0. The lowest BCUT2D eigenvalue weighted by Gasteiger charge is -2.41. The van der Waals surface area contributed by atoms with Gasteiger partial charge in [-0.2, -0.15) is 0 Å². The molecule has 0 saturated carbocycles. The van der Waals surface area contributed by atoms with Crippen molar-refractivity contribution in [1.82, 2.24) is 20.5 Å². The predicted molar refractivity (Wildman–Crippen MR) is 126 cm³/mol. The Labute approximate surface area is 193 Å². The van der Waals surface area contributed by atoms with Crippen LogP contribution in [0.3, 0.4) is 0 Å². The van der Waals surface area contributed by atoms with Crippen LogP contribution in [-0.2, 0) is 33.9 Å². The highest BCUT2D eigenvalue weighted by atomic mass is 16.5. The van der Waals surface area contributed by atoms with Crippen molar-refractivity contribution >= 4 is 22.7 Å². The van der Waals surface area contributed by atoms with Gasteiger partial charge in [0.15, 0.2) is 0 Å². The predicted octanol–water partition coefficient (Wildman–Crippen LogP) is 2.51. The molecule has 0 atom stereocenters. The summed E-state index contributed by atoms with van der Waals surface area (Å²) in [7, 11) is 0. The zero-order valence-electron chi connectivity index (χ0n) is 18.7. The van der Waals surface area contributed by atoms with Crippen molar-refractivity contribution < 1.29 is 14.3 Å². The highest BCUT2D eigenvalue weighted by molar-refractivity contribution is 5.93. The minimum absolute atomic E-state index is 0.00437. The molecule has 172 valence electrons. The topological polar surface area (TPSA) is 86.5 Å². The number of nitrogens with zero attached hydrogens (tertiary/aromatic N) is 1. The van der Waals surface area contributed by atoms with E-state index < -0.39 is 5.54 Å². The number of hydrogen-bond donors (Lipinski definition) is 3. The highest BCUT2D eigenvalue weighted by Crippen LogP contribution is 2.30. The Morgan fingerprint density at radius 1 is 1.03 bits per heavy atom. The highest BCUT2D eigenvalue weighted by Gasteiger charge is 2.44. The second kappa shape index (κ2) is 9.37. The molecule has 1 aromatic heterocycles. The summed E-state index contributed by atoms with van der Waals surface area (Å²) in [4.78, 5) is 31.9. The average Bonchev–Trinajstić information content (AvgIpc) is 3.22. The molecule has 3 heterocycles. The van der Waals surface area contributed by atoms with Gasteiger partial charge in [-0.05, 0) is 49.5 Å². The fourth-order valence-corrected chi connectivity index (χ4v) is 5.05. The van der Waals surface area contributed by atoms with Crippen molar-refractivity contribution in [2.75, 3.05) is 26.2 Å². The van der Waals surface area contributed by atoms with Crippen molar-refractivity contribution in [3.8, 4) is 0 Å². The summed E-state index contributed by atoms with van der Waals surface area (Å²) in [5.74, 6) is -0.241. The fourth-order valence-electron chi connectivity index (χ4n) is 5.05. The summed E-state index contributed by atoms with van der Waals surface area (Å²) in [6.45, 7) is 2.89. The van der Waals surface area contributed by atoms with Crippen LogP contribution in [-0.4, -0.2) is 53.5 Å². The molecular weight excluding hydrogens is 416 g/mol. The van der Waals surface area contributed by atoms with Crippen LogP contribution >= 0.6 is 0 Å². The van der Waals surface area contributed by atoms with Crippen LogP contribution in [0.15, 0.2) is 54.6 Å². The van der Waals surface area contributed by atoms with E-state index in [9.17, 15) is 9.59 Å². The standard InChI is InChI=1S/C26H30N4O3/c31-24(18-33-17-19-6-2-1-3-7-19)29-26(11-13-27-14-12-26)25(32)30-15-10-21-20-8-4-5-9-22(20)28-23(21)16-30/h1-9,27-28H,10-18H2,(H,29,31). The fraction of sp³-hybridized carbons (Fsp3) is 0.385. The maximum Gasteiger partial charge on any atom is 0.248 e. The third-order valence-electron chi connectivity index (χ3n) is 6.76. The first-order chi connectivity index (χ1) is 16.1. The molecule has 2 amide bonds. The van der Waals surface area contributed by atoms with E-state index in [0.717, 1.165) is 23.2 Å². The van der Waals surface area contributed by atoms with Gasteiger partial charge in [-0.25, -0.2) is 0 Å². The number of para-hydroxylation sites is 1. The number of hydrogen-bond acceptors (Lipinski definition) is 4. The number of nitrogens with one attached hydrogen (secondary N) is 3. The van der Waals surface area contributed by atoms with Gasteiger partial charge in [0.2, 0.25) is 11.8 Å². The number of amides is 2. The molecule has 2 aromatic carbocycles. The molecule has 1 fully saturated rings. The van der Waals surface area contributed by atoms with Crippen LogP contribution in [0.5, 0.6) is 0 Å². The number of rotatable bonds is 6. The monoisotopic (exact) mass is 446 g/mol. The molecule has 5 rings (SSSR count). The second-order valence-electron chi connectivity index (χ2n) is 8.96. The van der Waals surface area contributed by atoms with E-state index in [0.29, 0.717) is 45.6 Å². The van der Waals surface area contributed by atoms with Gasteiger partial charge in [0, 0.05) is 23.1 Å². The normalized spacial score (nSPS) is 17.5. The van der Waals surface area contributed by atoms with E-state index in [1.807, 2.05) is 47.4 Å². The van der Waals surface area contributed by atoms with Gasteiger partial charge in [0.25, 0.3) is 0 Å². The van der Waals surface area contributed by atoms with Crippen LogP contribution in [0.25, 0.3) is 10.9 Å². The average molecular weight is 447 g/mol. The van der Waals surface area contributed by atoms with Crippen LogP contribution < -0.4 is 10.6 Å². The van der Waals surface area contributed by atoms with Crippen LogP contribution in [0.2, 0.25) is 0 Å². The Balaban J connectivity index is 1.26. The van der Waals surface area contributed by atoms with Crippen LogP contribution in [0, 0.1) is 0 Å². The smallest absolute Gasteiger partial charge is 0.248 e. The molecule has 33 heavy (non-hydrogen) atoms. The van der Waals surface area contributed by atoms with E-state index in [1.54, 1.807) is 0 Å².